The van der Waals surface area contributed by atoms with E-state index in [2.05, 4.69) is 20.4 Å². The van der Waals surface area contributed by atoms with Crippen LogP contribution in [-0.4, -0.2) is 73.5 Å². The molecule has 2 unspecified atom stereocenters. The van der Waals surface area contributed by atoms with Crippen LogP contribution in [0.5, 0.6) is 23.0 Å². The first kappa shape index (κ1) is 24.2. The van der Waals surface area contributed by atoms with E-state index in [0.717, 1.165) is 48.8 Å². The minimum Gasteiger partial charge on any atom is -0.454 e. The number of benzene rings is 2. The minimum absolute atomic E-state index is 0.0179. The number of fused-ring (bicyclic) bond motifs is 2. The van der Waals surface area contributed by atoms with Gasteiger partial charge in [-0.3, -0.25) is 19.4 Å². The van der Waals surface area contributed by atoms with E-state index in [1.165, 1.54) is 0 Å². The Balaban J connectivity index is 1.04. The largest absolute Gasteiger partial charge is 0.454 e. The Labute approximate surface area is 210 Å². The predicted octanol–water partition coefficient (Wildman–Crippen LogP) is 1.47. The molecule has 0 saturated carbocycles. The van der Waals surface area contributed by atoms with Crippen LogP contribution in [0.15, 0.2) is 36.4 Å². The van der Waals surface area contributed by atoms with E-state index in [0.29, 0.717) is 24.6 Å². The SMILES string of the molecule is CC(C(=O)NCc1ccc2c(c1)OCO2)N1CCN(C(C)C(=O)NCc2ccc3c(c2)OCO3)CC1. The number of ether oxygens (including phenoxy) is 4. The summed E-state index contributed by atoms with van der Waals surface area (Å²) >= 11 is 0. The lowest BCUT2D eigenvalue weighted by atomic mass is 10.1. The summed E-state index contributed by atoms with van der Waals surface area (Å²) < 4.78 is 21.5. The summed E-state index contributed by atoms with van der Waals surface area (Å²) in [6, 6.07) is 10.9. The first-order valence-corrected chi connectivity index (χ1v) is 12.3. The van der Waals surface area contributed by atoms with Gasteiger partial charge in [0.25, 0.3) is 0 Å². The second-order valence-corrected chi connectivity index (χ2v) is 9.23. The summed E-state index contributed by atoms with van der Waals surface area (Å²) in [5.41, 5.74) is 1.93. The van der Waals surface area contributed by atoms with Crippen molar-refractivity contribution in [2.24, 2.45) is 0 Å². The molecule has 192 valence electrons. The lowest BCUT2D eigenvalue weighted by Gasteiger charge is -2.39. The molecular formula is C26H32N4O6. The monoisotopic (exact) mass is 496 g/mol. The molecule has 0 aliphatic carbocycles. The number of hydrogen-bond acceptors (Lipinski definition) is 8. The summed E-state index contributed by atoms with van der Waals surface area (Å²) in [5.74, 6) is 2.84. The van der Waals surface area contributed by atoms with Gasteiger partial charge in [-0.2, -0.15) is 0 Å². The van der Waals surface area contributed by atoms with E-state index >= 15 is 0 Å². The molecule has 10 nitrogen and oxygen atoms in total. The maximum Gasteiger partial charge on any atom is 0.237 e. The average Bonchev–Trinajstić information content (AvgIpc) is 3.58. The van der Waals surface area contributed by atoms with Crippen LogP contribution in [0.1, 0.15) is 25.0 Å². The van der Waals surface area contributed by atoms with E-state index in [-0.39, 0.29) is 37.5 Å². The highest BCUT2D eigenvalue weighted by atomic mass is 16.7. The molecule has 5 rings (SSSR count). The summed E-state index contributed by atoms with van der Waals surface area (Å²) in [5, 5.41) is 6.03. The standard InChI is InChI=1S/C26H32N4O6/c1-17(25(31)27-13-19-3-5-21-23(11-19)35-15-33-21)29-7-9-30(10-8-29)18(2)26(32)28-14-20-4-6-22-24(12-20)36-16-34-22/h3-6,11-12,17-18H,7-10,13-16H2,1-2H3,(H,27,31)(H,28,32). The molecular weight excluding hydrogens is 464 g/mol. The lowest BCUT2D eigenvalue weighted by molar-refractivity contribution is -0.130. The van der Waals surface area contributed by atoms with Crippen molar-refractivity contribution in [3.63, 3.8) is 0 Å². The zero-order chi connectivity index (χ0) is 25.1. The van der Waals surface area contributed by atoms with Crippen LogP contribution in [-0.2, 0) is 22.7 Å². The molecule has 10 heteroatoms. The van der Waals surface area contributed by atoms with Gasteiger partial charge in [0.2, 0.25) is 25.4 Å². The first-order chi connectivity index (χ1) is 17.5. The van der Waals surface area contributed by atoms with Gasteiger partial charge in [0.15, 0.2) is 23.0 Å². The Morgan fingerprint density at radius 3 is 1.50 bits per heavy atom. The smallest absolute Gasteiger partial charge is 0.237 e. The lowest BCUT2D eigenvalue weighted by Crippen LogP contribution is -2.57. The van der Waals surface area contributed by atoms with E-state index < -0.39 is 0 Å². The van der Waals surface area contributed by atoms with Gasteiger partial charge in [-0.1, -0.05) is 12.1 Å². The molecule has 1 saturated heterocycles. The maximum absolute atomic E-state index is 12.8. The number of rotatable bonds is 8. The third-order valence-electron chi connectivity index (χ3n) is 7.01. The van der Waals surface area contributed by atoms with Gasteiger partial charge < -0.3 is 29.6 Å². The number of hydrogen-bond donors (Lipinski definition) is 2. The van der Waals surface area contributed by atoms with Gasteiger partial charge in [0.1, 0.15) is 0 Å². The Morgan fingerprint density at radius 2 is 1.08 bits per heavy atom. The second kappa shape index (κ2) is 10.6. The Kier molecular flexibility index (Phi) is 7.15. The van der Waals surface area contributed by atoms with Crippen molar-refractivity contribution in [3.8, 4) is 23.0 Å². The van der Waals surface area contributed by atoms with Gasteiger partial charge in [-0.05, 0) is 49.2 Å². The third kappa shape index (κ3) is 5.34. The fourth-order valence-corrected chi connectivity index (χ4v) is 4.62. The quantitative estimate of drug-likeness (QED) is 0.567. The van der Waals surface area contributed by atoms with Crippen LogP contribution < -0.4 is 29.6 Å². The normalized spacial score (nSPS) is 18.5. The molecule has 0 spiro atoms. The van der Waals surface area contributed by atoms with Crippen molar-refractivity contribution in [3.05, 3.63) is 47.5 Å². The summed E-state index contributed by atoms with van der Waals surface area (Å²) in [4.78, 5) is 29.8. The van der Waals surface area contributed by atoms with Crippen LogP contribution >= 0.6 is 0 Å². The van der Waals surface area contributed by atoms with Crippen molar-refractivity contribution < 1.29 is 28.5 Å². The minimum atomic E-state index is -0.253. The fourth-order valence-electron chi connectivity index (χ4n) is 4.62. The number of piperazine rings is 1. The Hall–Kier alpha value is -3.50. The first-order valence-electron chi connectivity index (χ1n) is 12.3. The van der Waals surface area contributed by atoms with E-state index in [1.54, 1.807) is 0 Å². The van der Waals surface area contributed by atoms with Crippen molar-refractivity contribution >= 4 is 11.8 Å². The van der Waals surface area contributed by atoms with Gasteiger partial charge in [0, 0.05) is 39.3 Å². The van der Waals surface area contributed by atoms with Crippen molar-refractivity contribution in [2.75, 3.05) is 39.8 Å². The van der Waals surface area contributed by atoms with Crippen LogP contribution in [0.3, 0.4) is 0 Å². The summed E-state index contributed by atoms with van der Waals surface area (Å²) in [7, 11) is 0. The maximum atomic E-state index is 12.8. The molecule has 0 bridgehead atoms. The molecule has 2 amide bonds. The summed E-state index contributed by atoms with van der Waals surface area (Å²) in [6.07, 6.45) is 0. The van der Waals surface area contributed by atoms with E-state index in [4.69, 9.17) is 18.9 Å². The number of carbonyl (C=O) groups is 2. The van der Waals surface area contributed by atoms with Gasteiger partial charge in [-0.15, -0.1) is 0 Å². The average molecular weight is 497 g/mol. The van der Waals surface area contributed by atoms with Crippen LogP contribution in [0.4, 0.5) is 0 Å². The molecule has 36 heavy (non-hydrogen) atoms. The molecule has 3 heterocycles. The van der Waals surface area contributed by atoms with E-state index in [9.17, 15) is 9.59 Å². The van der Waals surface area contributed by atoms with Crippen LogP contribution in [0.25, 0.3) is 0 Å². The highest BCUT2D eigenvalue weighted by Gasteiger charge is 2.29. The molecule has 3 aliphatic rings. The molecule has 0 aromatic heterocycles. The predicted molar refractivity (Wildman–Crippen MR) is 131 cm³/mol. The summed E-state index contributed by atoms with van der Waals surface area (Å²) in [6.45, 7) is 8.05. The molecule has 2 atom stereocenters. The molecule has 0 radical (unpaired) electrons. The number of amides is 2. The van der Waals surface area contributed by atoms with Gasteiger partial charge >= 0.3 is 0 Å². The zero-order valence-electron chi connectivity index (χ0n) is 20.6. The van der Waals surface area contributed by atoms with Gasteiger partial charge in [-0.25, -0.2) is 0 Å². The van der Waals surface area contributed by atoms with Gasteiger partial charge in [0.05, 0.1) is 12.1 Å². The van der Waals surface area contributed by atoms with Crippen molar-refractivity contribution in [2.45, 2.75) is 39.0 Å². The highest BCUT2D eigenvalue weighted by Crippen LogP contribution is 2.33. The third-order valence-corrected chi connectivity index (χ3v) is 7.01. The van der Waals surface area contributed by atoms with Crippen molar-refractivity contribution in [1.82, 2.24) is 20.4 Å². The number of nitrogens with one attached hydrogen (secondary N) is 2. The molecule has 2 aromatic carbocycles. The molecule has 3 aliphatic heterocycles. The molecule has 1 fully saturated rings. The highest BCUT2D eigenvalue weighted by molar-refractivity contribution is 5.82. The zero-order valence-corrected chi connectivity index (χ0v) is 20.6. The number of nitrogens with zero attached hydrogens (tertiary/aromatic N) is 2. The van der Waals surface area contributed by atoms with E-state index in [1.807, 2.05) is 50.2 Å². The molecule has 2 aromatic rings. The second-order valence-electron chi connectivity index (χ2n) is 9.23. The van der Waals surface area contributed by atoms with Crippen LogP contribution in [0.2, 0.25) is 0 Å². The Bertz CT molecular complexity index is 1030. The van der Waals surface area contributed by atoms with Crippen molar-refractivity contribution in [1.29, 1.82) is 0 Å². The topological polar surface area (TPSA) is 102 Å². The number of carbonyl (C=O) groups excluding carboxylic acids is 2. The molecule has 2 N–H and O–H groups in total. The fraction of sp³-hybridized carbons (Fsp3) is 0.462. The Morgan fingerprint density at radius 1 is 0.694 bits per heavy atom. The van der Waals surface area contributed by atoms with Crippen LogP contribution in [0, 0.1) is 0 Å².